The second-order valence-electron chi connectivity index (χ2n) is 2.91. The molecule has 0 N–H and O–H groups in total. The molecule has 1 heterocycles. The van der Waals surface area contributed by atoms with E-state index in [-0.39, 0.29) is 0 Å². The molecule has 0 bridgehead atoms. The summed E-state index contributed by atoms with van der Waals surface area (Å²) in [5, 5.41) is 3.27. The lowest BCUT2D eigenvalue weighted by molar-refractivity contribution is 0.329. The van der Waals surface area contributed by atoms with Gasteiger partial charge in [-0.1, -0.05) is 35.9 Å². The highest BCUT2D eigenvalue weighted by Crippen LogP contribution is 2.23. The molecule has 0 amide bonds. The molecule has 13 heavy (non-hydrogen) atoms. The van der Waals surface area contributed by atoms with Crippen molar-refractivity contribution in [3.63, 3.8) is 0 Å². The third kappa shape index (κ3) is 4.31. The zero-order valence-corrected chi connectivity index (χ0v) is 10.9. The van der Waals surface area contributed by atoms with Crippen molar-refractivity contribution in [2.75, 3.05) is 11.0 Å². The monoisotopic (exact) mass is 310 g/mol. The average Bonchev–Trinajstić information content (AvgIpc) is 2.54. The van der Waals surface area contributed by atoms with Crippen molar-refractivity contribution in [3.8, 4) is 5.06 Å². The molecule has 1 nitrogen and oxygen atoms in total. The highest BCUT2D eigenvalue weighted by Gasteiger charge is 1.99. The van der Waals surface area contributed by atoms with Gasteiger partial charge in [0, 0.05) is 4.43 Å². The summed E-state index contributed by atoms with van der Waals surface area (Å²) < 4.78 is 6.76. The summed E-state index contributed by atoms with van der Waals surface area (Å²) in [6.45, 7) is 3.06. The first-order valence-electron chi connectivity index (χ1n) is 4.63. The average molecular weight is 310 g/mol. The normalized spacial score (nSPS) is 10.3. The maximum Gasteiger partial charge on any atom is 0.173 e. The third-order valence-corrected chi connectivity index (χ3v) is 3.34. The van der Waals surface area contributed by atoms with E-state index in [0.717, 1.165) is 18.1 Å². The van der Waals surface area contributed by atoms with Crippen molar-refractivity contribution >= 4 is 33.9 Å². The molecule has 0 fully saturated rings. The van der Waals surface area contributed by atoms with Crippen LogP contribution in [0, 0.1) is 0 Å². The van der Waals surface area contributed by atoms with Crippen LogP contribution in [0.4, 0.5) is 0 Å². The molecule has 0 unspecified atom stereocenters. The van der Waals surface area contributed by atoms with Crippen LogP contribution in [0.1, 0.15) is 25.3 Å². The lowest BCUT2D eigenvalue weighted by Crippen LogP contribution is -1.95. The Morgan fingerprint density at radius 1 is 1.54 bits per heavy atom. The van der Waals surface area contributed by atoms with Gasteiger partial charge in [-0.05, 0) is 29.9 Å². The predicted octanol–water partition coefficient (Wildman–Crippen LogP) is 3.90. The van der Waals surface area contributed by atoms with Gasteiger partial charge in [-0.3, -0.25) is 0 Å². The highest BCUT2D eigenvalue weighted by atomic mass is 127. The topological polar surface area (TPSA) is 9.23 Å². The molecule has 3 heteroatoms. The van der Waals surface area contributed by atoms with E-state index in [2.05, 4.69) is 41.0 Å². The van der Waals surface area contributed by atoms with E-state index in [1.807, 2.05) is 0 Å². The summed E-state index contributed by atoms with van der Waals surface area (Å²) in [7, 11) is 0. The summed E-state index contributed by atoms with van der Waals surface area (Å²) in [6, 6.07) is 2.17. The van der Waals surface area contributed by atoms with E-state index >= 15 is 0 Å². The number of alkyl halides is 1. The lowest BCUT2D eigenvalue weighted by atomic mass is 10.2. The Morgan fingerprint density at radius 2 is 2.38 bits per heavy atom. The molecule has 0 saturated carbocycles. The minimum Gasteiger partial charge on any atom is -0.484 e. The van der Waals surface area contributed by atoms with Crippen molar-refractivity contribution in [2.24, 2.45) is 0 Å². The molecule has 0 atom stereocenters. The molecule has 1 aromatic heterocycles. The summed E-state index contributed by atoms with van der Waals surface area (Å²) in [5.74, 6) is 0. The second kappa shape index (κ2) is 6.65. The molecule has 0 saturated heterocycles. The lowest BCUT2D eigenvalue weighted by Gasteiger charge is -1.99. The standard InChI is InChI=1S/C10H15IOS/c1-2-4-9-7-10(13-8-9)12-6-3-5-11/h7-8H,2-6H2,1H3. The van der Waals surface area contributed by atoms with Gasteiger partial charge in [-0.2, -0.15) is 0 Å². The first-order chi connectivity index (χ1) is 6.36. The van der Waals surface area contributed by atoms with Gasteiger partial charge in [0.25, 0.3) is 0 Å². The van der Waals surface area contributed by atoms with Crippen LogP contribution in [-0.2, 0) is 6.42 Å². The van der Waals surface area contributed by atoms with E-state index in [9.17, 15) is 0 Å². The fourth-order valence-electron chi connectivity index (χ4n) is 1.08. The number of hydrogen-bond donors (Lipinski definition) is 0. The Morgan fingerprint density at radius 3 is 3.08 bits per heavy atom. The first kappa shape index (κ1) is 11.3. The Bertz CT molecular complexity index is 235. The van der Waals surface area contributed by atoms with Gasteiger partial charge in [0.05, 0.1) is 6.61 Å². The van der Waals surface area contributed by atoms with Gasteiger partial charge in [0.1, 0.15) is 0 Å². The van der Waals surface area contributed by atoms with E-state index < -0.39 is 0 Å². The Hall–Kier alpha value is 0.230. The Kier molecular flexibility index (Phi) is 5.78. The fourth-order valence-corrected chi connectivity index (χ4v) is 2.21. The summed E-state index contributed by atoms with van der Waals surface area (Å²) >= 11 is 4.09. The van der Waals surface area contributed by atoms with Crippen molar-refractivity contribution < 1.29 is 4.74 Å². The predicted molar refractivity (Wildman–Crippen MR) is 67.3 cm³/mol. The van der Waals surface area contributed by atoms with Crippen LogP contribution in [0.2, 0.25) is 0 Å². The van der Waals surface area contributed by atoms with E-state index in [0.29, 0.717) is 0 Å². The summed E-state index contributed by atoms with van der Waals surface area (Å²) in [5.41, 5.74) is 1.41. The molecule has 0 radical (unpaired) electrons. The summed E-state index contributed by atoms with van der Waals surface area (Å²) in [4.78, 5) is 0. The second-order valence-corrected chi connectivity index (χ2v) is 4.87. The molecular formula is C10H15IOS. The van der Waals surface area contributed by atoms with Crippen LogP contribution < -0.4 is 4.74 Å². The van der Waals surface area contributed by atoms with Gasteiger partial charge < -0.3 is 4.74 Å². The van der Waals surface area contributed by atoms with Crippen molar-refractivity contribution in [1.82, 2.24) is 0 Å². The van der Waals surface area contributed by atoms with Crippen molar-refractivity contribution in [2.45, 2.75) is 26.2 Å². The molecule has 0 aliphatic rings. The van der Waals surface area contributed by atoms with Crippen LogP contribution >= 0.6 is 33.9 Å². The SMILES string of the molecule is CCCc1csc(OCCCI)c1. The van der Waals surface area contributed by atoms with Gasteiger partial charge in [-0.15, -0.1) is 11.3 Å². The van der Waals surface area contributed by atoms with Gasteiger partial charge in [0.15, 0.2) is 5.06 Å². The molecular weight excluding hydrogens is 295 g/mol. The number of hydrogen-bond acceptors (Lipinski definition) is 2. The van der Waals surface area contributed by atoms with Crippen molar-refractivity contribution in [1.29, 1.82) is 0 Å². The number of halogens is 1. The highest BCUT2D eigenvalue weighted by molar-refractivity contribution is 14.1. The smallest absolute Gasteiger partial charge is 0.173 e. The quantitative estimate of drug-likeness (QED) is 0.440. The van der Waals surface area contributed by atoms with Crippen LogP contribution in [0.3, 0.4) is 0 Å². The summed E-state index contributed by atoms with van der Waals surface area (Å²) in [6.07, 6.45) is 3.53. The number of rotatable bonds is 6. The third-order valence-electron chi connectivity index (χ3n) is 1.69. The van der Waals surface area contributed by atoms with Crippen LogP contribution in [0.5, 0.6) is 5.06 Å². The Labute approximate surface area is 97.6 Å². The maximum absolute atomic E-state index is 5.59. The van der Waals surface area contributed by atoms with E-state index in [1.165, 1.54) is 22.8 Å². The first-order valence-corrected chi connectivity index (χ1v) is 7.03. The van der Waals surface area contributed by atoms with E-state index in [4.69, 9.17) is 4.74 Å². The molecule has 74 valence electrons. The van der Waals surface area contributed by atoms with Gasteiger partial charge in [-0.25, -0.2) is 0 Å². The van der Waals surface area contributed by atoms with Crippen LogP contribution in [0.25, 0.3) is 0 Å². The zero-order valence-electron chi connectivity index (χ0n) is 7.88. The van der Waals surface area contributed by atoms with Crippen LogP contribution in [-0.4, -0.2) is 11.0 Å². The zero-order chi connectivity index (χ0) is 9.52. The van der Waals surface area contributed by atoms with Crippen LogP contribution in [0.15, 0.2) is 11.4 Å². The molecule has 0 spiro atoms. The van der Waals surface area contributed by atoms with E-state index in [1.54, 1.807) is 11.3 Å². The van der Waals surface area contributed by atoms with Gasteiger partial charge >= 0.3 is 0 Å². The number of thiophene rings is 1. The van der Waals surface area contributed by atoms with Gasteiger partial charge in [0.2, 0.25) is 0 Å². The largest absolute Gasteiger partial charge is 0.484 e. The molecule has 1 rings (SSSR count). The molecule has 0 aromatic carbocycles. The molecule has 1 aromatic rings. The minimum absolute atomic E-state index is 0.856. The fraction of sp³-hybridized carbons (Fsp3) is 0.600. The Balaban J connectivity index is 2.31. The molecule has 0 aliphatic heterocycles. The molecule has 0 aliphatic carbocycles. The number of aryl methyl sites for hydroxylation is 1. The maximum atomic E-state index is 5.59. The number of ether oxygens (including phenoxy) is 1. The van der Waals surface area contributed by atoms with Crippen molar-refractivity contribution in [3.05, 3.63) is 17.0 Å². The minimum atomic E-state index is 0.856.